The lowest BCUT2D eigenvalue weighted by Crippen LogP contribution is -2.11. The Balaban J connectivity index is 3.20. The van der Waals surface area contributed by atoms with E-state index in [0.717, 1.165) is 0 Å². The van der Waals surface area contributed by atoms with E-state index < -0.39 is 5.91 Å². The Bertz CT molecular complexity index is 336. The van der Waals surface area contributed by atoms with Gasteiger partial charge in [0.1, 0.15) is 6.29 Å². The number of amides is 1. The van der Waals surface area contributed by atoms with E-state index in [0.29, 0.717) is 11.8 Å². The van der Waals surface area contributed by atoms with Gasteiger partial charge in [0.15, 0.2) is 0 Å². The number of carbonyl (C=O) groups excluding carboxylic acids is 2. The van der Waals surface area contributed by atoms with Gasteiger partial charge in [0.2, 0.25) is 5.91 Å². The second kappa shape index (κ2) is 3.36. The van der Waals surface area contributed by atoms with Crippen molar-refractivity contribution in [3.05, 3.63) is 34.3 Å². The van der Waals surface area contributed by atoms with Crippen LogP contribution in [0.1, 0.15) is 20.7 Å². The number of carbonyl (C=O) groups is 2. The maximum Gasteiger partial charge on any atom is 0.250 e. The molecular weight excluding hydrogens is 178 g/mol. The number of halogens is 1. The quantitative estimate of drug-likeness (QED) is 0.702. The van der Waals surface area contributed by atoms with Crippen LogP contribution in [0.25, 0.3) is 0 Å². The summed E-state index contributed by atoms with van der Waals surface area (Å²) >= 11 is 5.64. The summed E-state index contributed by atoms with van der Waals surface area (Å²) in [5, 5.41) is 0.201. The van der Waals surface area contributed by atoms with Crippen LogP contribution in [0.2, 0.25) is 5.02 Å². The Labute approximate surface area is 74.1 Å². The normalized spacial score (nSPS) is 9.42. The molecule has 62 valence electrons. The molecule has 0 heterocycles. The molecule has 1 rings (SSSR count). The van der Waals surface area contributed by atoms with Gasteiger partial charge in [0.05, 0.1) is 10.6 Å². The summed E-state index contributed by atoms with van der Waals surface area (Å²) in [7, 11) is 0. The molecule has 0 aliphatic rings. The first kappa shape index (κ1) is 8.74. The maximum absolute atomic E-state index is 10.7. The number of hydrogen-bond donors (Lipinski definition) is 1. The molecule has 3 nitrogen and oxygen atoms in total. The van der Waals surface area contributed by atoms with E-state index in [9.17, 15) is 9.59 Å². The van der Waals surface area contributed by atoms with Crippen LogP contribution in [0.15, 0.2) is 18.2 Å². The molecule has 0 aromatic heterocycles. The zero-order valence-corrected chi connectivity index (χ0v) is 6.84. The molecule has 1 amide bonds. The van der Waals surface area contributed by atoms with Crippen LogP contribution in [0, 0.1) is 0 Å². The Kier molecular flexibility index (Phi) is 2.45. The summed E-state index contributed by atoms with van der Waals surface area (Å²) in [6, 6.07) is 4.31. The fraction of sp³-hybridized carbons (Fsp3) is 0. The maximum atomic E-state index is 10.7. The monoisotopic (exact) mass is 183 g/mol. The van der Waals surface area contributed by atoms with Gasteiger partial charge in [-0.2, -0.15) is 0 Å². The predicted octanol–water partition coefficient (Wildman–Crippen LogP) is 1.25. The molecule has 12 heavy (non-hydrogen) atoms. The third kappa shape index (κ3) is 1.62. The second-order valence-corrected chi connectivity index (χ2v) is 2.63. The molecule has 0 radical (unpaired) electrons. The molecule has 0 fully saturated rings. The number of aldehydes is 1. The Hall–Kier alpha value is -1.35. The van der Waals surface area contributed by atoms with E-state index in [-0.39, 0.29) is 10.6 Å². The Morgan fingerprint density at radius 2 is 2.17 bits per heavy atom. The highest BCUT2D eigenvalue weighted by Crippen LogP contribution is 2.16. The molecule has 0 saturated carbocycles. The van der Waals surface area contributed by atoms with Crippen LogP contribution in [0.4, 0.5) is 0 Å². The van der Waals surface area contributed by atoms with Crippen LogP contribution in [0.3, 0.4) is 0 Å². The number of primary amides is 1. The van der Waals surface area contributed by atoms with E-state index in [2.05, 4.69) is 0 Å². The zero-order chi connectivity index (χ0) is 9.14. The van der Waals surface area contributed by atoms with Gasteiger partial charge >= 0.3 is 0 Å². The highest BCUT2D eigenvalue weighted by atomic mass is 35.5. The van der Waals surface area contributed by atoms with Crippen molar-refractivity contribution in [3.63, 3.8) is 0 Å². The minimum absolute atomic E-state index is 0.201. The number of nitrogens with two attached hydrogens (primary N) is 1. The SMILES string of the molecule is NC(=O)c1ccc(C=O)cc1Cl. The molecule has 0 aliphatic carbocycles. The van der Waals surface area contributed by atoms with Gasteiger partial charge in [0, 0.05) is 5.56 Å². The van der Waals surface area contributed by atoms with Crippen molar-refractivity contribution in [2.45, 2.75) is 0 Å². The van der Waals surface area contributed by atoms with Crippen molar-refractivity contribution < 1.29 is 9.59 Å². The van der Waals surface area contributed by atoms with Gasteiger partial charge in [-0.15, -0.1) is 0 Å². The van der Waals surface area contributed by atoms with Crippen molar-refractivity contribution in [1.82, 2.24) is 0 Å². The lowest BCUT2D eigenvalue weighted by atomic mass is 10.1. The lowest BCUT2D eigenvalue weighted by Gasteiger charge is -1.98. The summed E-state index contributed by atoms with van der Waals surface area (Å²) in [6.07, 6.45) is 0.649. The van der Waals surface area contributed by atoms with Gasteiger partial charge in [-0.1, -0.05) is 17.7 Å². The molecule has 1 aromatic rings. The second-order valence-electron chi connectivity index (χ2n) is 2.22. The molecule has 0 atom stereocenters. The molecule has 4 heteroatoms. The van der Waals surface area contributed by atoms with Gasteiger partial charge in [-0.05, 0) is 12.1 Å². The first-order valence-electron chi connectivity index (χ1n) is 3.19. The summed E-state index contributed by atoms with van der Waals surface area (Å²) in [5.74, 6) is -0.600. The fourth-order valence-corrected chi connectivity index (χ4v) is 1.09. The van der Waals surface area contributed by atoms with Crippen molar-refractivity contribution in [2.75, 3.05) is 0 Å². The van der Waals surface area contributed by atoms with Gasteiger partial charge in [-0.25, -0.2) is 0 Å². The smallest absolute Gasteiger partial charge is 0.250 e. The summed E-state index contributed by atoms with van der Waals surface area (Å²) in [6.45, 7) is 0. The average molecular weight is 184 g/mol. The molecule has 0 spiro atoms. The highest BCUT2D eigenvalue weighted by molar-refractivity contribution is 6.34. The van der Waals surface area contributed by atoms with E-state index in [4.69, 9.17) is 17.3 Å². The van der Waals surface area contributed by atoms with Crippen LogP contribution in [-0.2, 0) is 0 Å². The van der Waals surface area contributed by atoms with Gasteiger partial charge < -0.3 is 5.73 Å². The van der Waals surface area contributed by atoms with Gasteiger partial charge in [0.25, 0.3) is 0 Å². The average Bonchev–Trinajstić information content (AvgIpc) is 2.03. The lowest BCUT2D eigenvalue weighted by molar-refractivity contribution is 0.0999. The minimum Gasteiger partial charge on any atom is -0.366 e. The van der Waals surface area contributed by atoms with E-state index in [1.165, 1.54) is 18.2 Å². The third-order valence-corrected chi connectivity index (χ3v) is 1.71. The van der Waals surface area contributed by atoms with Crippen LogP contribution < -0.4 is 5.73 Å². The largest absolute Gasteiger partial charge is 0.366 e. The van der Waals surface area contributed by atoms with Crippen molar-refractivity contribution in [3.8, 4) is 0 Å². The van der Waals surface area contributed by atoms with Crippen LogP contribution >= 0.6 is 11.6 Å². The number of rotatable bonds is 2. The first-order chi connectivity index (χ1) is 5.65. The first-order valence-corrected chi connectivity index (χ1v) is 3.57. The molecule has 2 N–H and O–H groups in total. The number of hydrogen-bond acceptors (Lipinski definition) is 2. The molecular formula is C8H6ClNO2. The van der Waals surface area contributed by atoms with Crippen LogP contribution in [0.5, 0.6) is 0 Å². The van der Waals surface area contributed by atoms with Gasteiger partial charge in [-0.3, -0.25) is 9.59 Å². The minimum atomic E-state index is -0.600. The van der Waals surface area contributed by atoms with Crippen molar-refractivity contribution in [1.29, 1.82) is 0 Å². The molecule has 0 aliphatic heterocycles. The zero-order valence-electron chi connectivity index (χ0n) is 6.08. The fourth-order valence-electron chi connectivity index (χ4n) is 0.804. The Morgan fingerprint density at radius 3 is 2.58 bits per heavy atom. The topological polar surface area (TPSA) is 60.2 Å². The molecule has 0 bridgehead atoms. The Morgan fingerprint density at radius 1 is 1.50 bits per heavy atom. The standard InChI is InChI=1S/C8H6ClNO2/c9-7-3-5(4-11)1-2-6(7)8(10)12/h1-4H,(H2,10,12). The third-order valence-electron chi connectivity index (χ3n) is 1.39. The van der Waals surface area contributed by atoms with E-state index in [1.54, 1.807) is 0 Å². The molecule has 0 saturated heterocycles. The van der Waals surface area contributed by atoms with Crippen molar-refractivity contribution >= 4 is 23.8 Å². The van der Waals surface area contributed by atoms with Crippen LogP contribution in [-0.4, -0.2) is 12.2 Å². The summed E-state index contributed by atoms with van der Waals surface area (Å²) < 4.78 is 0. The highest BCUT2D eigenvalue weighted by Gasteiger charge is 2.05. The van der Waals surface area contributed by atoms with Crippen molar-refractivity contribution in [2.24, 2.45) is 5.73 Å². The summed E-state index contributed by atoms with van der Waals surface area (Å²) in [4.78, 5) is 20.9. The molecule has 1 aromatic carbocycles. The van der Waals surface area contributed by atoms with E-state index in [1.807, 2.05) is 0 Å². The van der Waals surface area contributed by atoms with E-state index >= 15 is 0 Å². The predicted molar refractivity (Wildman–Crippen MR) is 45.4 cm³/mol. The number of benzene rings is 1. The summed E-state index contributed by atoms with van der Waals surface area (Å²) in [5.41, 5.74) is 5.64. The molecule has 0 unspecified atom stereocenters.